The van der Waals surface area contributed by atoms with Crippen LogP contribution in [0.3, 0.4) is 0 Å². The molecule has 2 unspecified atom stereocenters. The second kappa shape index (κ2) is 13.6. The standard InChI is InChI=1S/C24H35N3O4.C2HF3O2/c1-4-27(14-8-10-18(15-27)23(29)25-19-11-5-6-12-19)16-21(28)26-22-17(2)9-7-13-20(22)24(30)31-3;3-2(4,5)1(6)7/h7,9,13,18-19H,4-6,8,10-12,14-16H2,1-3H3,(H-,25,26,28,29,30);(H,6,7). The maximum atomic E-state index is 13.0. The van der Waals surface area contributed by atoms with Gasteiger partial charge in [-0.25, -0.2) is 4.79 Å². The van der Waals surface area contributed by atoms with Crippen molar-refractivity contribution in [3.05, 3.63) is 29.3 Å². The van der Waals surface area contributed by atoms with Crippen molar-refractivity contribution in [2.24, 2.45) is 5.92 Å². The zero-order chi connectivity index (χ0) is 28.5. The Morgan fingerprint density at radius 3 is 2.29 bits per heavy atom. The van der Waals surface area contributed by atoms with Crippen LogP contribution in [0.15, 0.2) is 18.2 Å². The van der Waals surface area contributed by atoms with Crippen molar-refractivity contribution in [3.8, 4) is 0 Å². The van der Waals surface area contributed by atoms with E-state index in [4.69, 9.17) is 14.6 Å². The van der Waals surface area contributed by atoms with Gasteiger partial charge in [0.05, 0.1) is 43.9 Å². The number of likely N-dealkylation sites (tertiary alicyclic amines) is 1. The summed E-state index contributed by atoms with van der Waals surface area (Å²) in [6, 6.07) is 5.61. The van der Waals surface area contributed by atoms with E-state index in [9.17, 15) is 27.6 Å². The number of carbonyl (C=O) groups excluding carboxylic acids is 4. The summed E-state index contributed by atoms with van der Waals surface area (Å²) in [5, 5.41) is 15.0. The minimum absolute atomic E-state index is 0.0498. The molecule has 2 N–H and O–H groups in total. The lowest BCUT2D eigenvalue weighted by molar-refractivity contribution is -0.925. The van der Waals surface area contributed by atoms with Crippen molar-refractivity contribution in [2.45, 2.75) is 64.6 Å². The van der Waals surface area contributed by atoms with Crippen LogP contribution in [0.25, 0.3) is 0 Å². The summed E-state index contributed by atoms with van der Waals surface area (Å²) in [6.45, 7) is 6.58. The Bertz CT molecular complexity index is 1010. The Balaban J connectivity index is 0.000000638. The van der Waals surface area contributed by atoms with Gasteiger partial charge < -0.3 is 29.8 Å². The maximum Gasteiger partial charge on any atom is 0.430 e. The van der Waals surface area contributed by atoms with E-state index in [0.717, 1.165) is 44.3 Å². The molecule has 212 valence electrons. The number of nitrogens with one attached hydrogen (secondary N) is 2. The number of carbonyl (C=O) groups is 4. The number of methoxy groups -OCH3 is 1. The molecule has 2 atom stereocenters. The topological polar surface area (TPSA) is 125 Å². The molecule has 1 saturated heterocycles. The molecular weight excluding hydrogens is 507 g/mol. The number of alkyl halides is 3. The molecule has 2 amide bonds. The van der Waals surface area contributed by atoms with E-state index in [1.54, 1.807) is 12.1 Å². The minimum atomic E-state index is -5.19. The third-order valence-corrected chi connectivity index (χ3v) is 7.19. The quantitative estimate of drug-likeness (QED) is 0.402. The molecule has 0 aromatic heterocycles. The van der Waals surface area contributed by atoms with Gasteiger partial charge in [-0.1, -0.05) is 25.0 Å². The average molecular weight is 544 g/mol. The summed E-state index contributed by atoms with van der Waals surface area (Å²) in [7, 11) is 1.33. The third-order valence-electron chi connectivity index (χ3n) is 7.19. The largest absolute Gasteiger partial charge is 0.542 e. The number of piperidine rings is 1. The fourth-order valence-corrected chi connectivity index (χ4v) is 5.07. The van der Waals surface area contributed by atoms with Crippen LogP contribution in [-0.2, 0) is 19.1 Å². The lowest BCUT2D eigenvalue weighted by atomic mass is 9.94. The number of quaternary nitrogens is 1. The normalized spacial score (nSPS) is 21.6. The van der Waals surface area contributed by atoms with Gasteiger partial charge in [0.1, 0.15) is 5.97 Å². The second-order valence-corrected chi connectivity index (χ2v) is 9.87. The predicted octanol–water partition coefficient (Wildman–Crippen LogP) is 2.32. The highest BCUT2D eigenvalue weighted by Gasteiger charge is 2.39. The summed E-state index contributed by atoms with van der Waals surface area (Å²) in [6.07, 6.45) is 1.15. The van der Waals surface area contributed by atoms with Crippen molar-refractivity contribution in [2.75, 3.05) is 38.6 Å². The Morgan fingerprint density at radius 1 is 1.11 bits per heavy atom. The molecule has 3 rings (SSSR count). The van der Waals surface area contributed by atoms with Crippen molar-refractivity contribution >= 4 is 29.4 Å². The van der Waals surface area contributed by atoms with E-state index in [1.807, 2.05) is 13.0 Å². The molecule has 1 aliphatic carbocycles. The molecule has 9 nitrogen and oxygen atoms in total. The van der Waals surface area contributed by atoms with Crippen molar-refractivity contribution < 1.29 is 46.7 Å². The number of ether oxygens (including phenoxy) is 1. The first-order valence-corrected chi connectivity index (χ1v) is 12.7. The fraction of sp³-hybridized carbons (Fsp3) is 0.615. The number of rotatable bonds is 7. The van der Waals surface area contributed by atoms with E-state index < -0.39 is 18.1 Å². The predicted molar refractivity (Wildman–Crippen MR) is 131 cm³/mol. The van der Waals surface area contributed by atoms with Gasteiger partial charge >= 0.3 is 12.1 Å². The second-order valence-electron chi connectivity index (χ2n) is 9.87. The Hall–Kier alpha value is -3.15. The van der Waals surface area contributed by atoms with E-state index in [1.165, 1.54) is 20.0 Å². The number of hydrogen-bond acceptors (Lipinski definition) is 6. The average Bonchev–Trinajstić information content (AvgIpc) is 3.37. The molecule has 12 heteroatoms. The van der Waals surface area contributed by atoms with Crippen LogP contribution >= 0.6 is 0 Å². The molecule has 1 aromatic rings. The fourth-order valence-electron chi connectivity index (χ4n) is 5.07. The Morgan fingerprint density at radius 2 is 1.74 bits per heavy atom. The van der Waals surface area contributed by atoms with Crippen LogP contribution in [-0.4, -0.2) is 73.7 Å². The molecule has 0 radical (unpaired) electrons. The number of para-hydroxylation sites is 1. The van der Waals surface area contributed by atoms with Crippen LogP contribution < -0.4 is 15.7 Å². The summed E-state index contributed by atoms with van der Waals surface area (Å²) in [5.41, 5.74) is 1.67. The van der Waals surface area contributed by atoms with Gasteiger partial charge in [0.15, 0.2) is 6.54 Å². The number of benzene rings is 1. The number of nitrogens with zero attached hydrogens (tertiary/aromatic N) is 1. The molecule has 2 aliphatic rings. The first kappa shape index (κ1) is 31.1. The van der Waals surface area contributed by atoms with E-state index >= 15 is 0 Å². The van der Waals surface area contributed by atoms with Crippen LogP contribution in [0.1, 0.15) is 61.4 Å². The Labute approximate surface area is 220 Å². The van der Waals surface area contributed by atoms with Crippen molar-refractivity contribution in [3.63, 3.8) is 0 Å². The summed E-state index contributed by atoms with van der Waals surface area (Å²) in [5.74, 6) is -3.52. The summed E-state index contributed by atoms with van der Waals surface area (Å²) >= 11 is 0. The number of amides is 2. The number of esters is 1. The SMILES string of the molecule is CC[N+]1(CC(=O)Nc2c(C)cccc2C(=O)OC)CCCC(C(=O)NC2CCCC2)C1.O=C([O-])C(F)(F)F. The third kappa shape index (κ3) is 8.71. The molecule has 0 bridgehead atoms. The van der Waals surface area contributed by atoms with Gasteiger partial charge in [-0.05, 0) is 51.2 Å². The summed E-state index contributed by atoms with van der Waals surface area (Å²) in [4.78, 5) is 46.8. The minimum Gasteiger partial charge on any atom is -0.542 e. The monoisotopic (exact) mass is 543 g/mol. The van der Waals surface area contributed by atoms with Crippen molar-refractivity contribution in [1.82, 2.24) is 5.32 Å². The molecule has 1 aromatic carbocycles. The van der Waals surface area contributed by atoms with Gasteiger partial charge in [0, 0.05) is 6.04 Å². The highest BCUT2D eigenvalue weighted by atomic mass is 19.4. The number of hydrogen-bond donors (Lipinski definition) is 2. The smallest absolute Gasteiger partial charge is 0.430 e. The number of anilines is 1. The maximum absolute atomic E-state index is 13.0. The van der Waals surface area contributed by atoms with Gasteiger partial charge in [-0.15, -0.1) is 0 Å². The van der Waals surface area contributed by atoms with Crippen LogP contribution in [0, 0.1) is 12.8 Å². The molecule has 1 heterocycles. The zero-order valence-corrected chi connectivity index (χ0v) is 22.0. The number of carboxylic acids is 1. The van der Waals surface area contributed by atoms with Gasteiger partial charge in [-0.2, -0.15) is 13.2 Å². The molecular formula is C26H36F3N3O6. The first-order chi connectivity index (χ1) is 17.8. The van der Waals surface area contributed by atoms with E-state index in [2.05, 4.69) is 17.6 Å². The number of aliphatic carboxylic acids is 1. The number of likely N-dealkylation sites (N-methyl/N-ethyl adjacent to an activating group) is 1. The Kier molecular flexibility index (Phi) is 11.1. The van der Waals surface area contributed by atoms with Crippen LogP contribution in [0.5, 0.6) is 0 Å². The number of aryl methyl sites for hydroxylation is 1. The lowest BCUT2D eigenvalue weighted by Crippen LogP contribution is -2.59. The number of carboxylic acid groups (broad SMARTS) is 1. The van der Waals surface area contributed by atoms with Crippen molar-refractivity contribution in [1.29, 1.82) is 0 Å². The molecule has 38 heavy (non-hydrogen) atoms. The molecule has 1 saturated carbocycles. The molecule has 1 aliphatic heterocycles. The molecule has 2 fully saturated rings. The zero-order valence-electron chi connectivity index (χ0n) is 22.0. The van der Waals surface area contributed by atoms with E-state index in [-0.39, 0.29) is 17.7 Å². The van der Waals surface area contributed by atoms with Crippen LogP contribution in [0.2, 0.25) is 0 Å². The highest BCUT2D eigenvalue weighted by molar-refractivity contribution is 6.02. The van der Waals surface area contributed by atoms with E-state index in [0.29, 0.717) is 34.9 Å². The van der Waals surface area contributed by atoms with Gasteiger partial charge in [0.2, 0.25) is 5.91 Å². The molecule has 0 spiro atoms. The van der Waals surface area contributed by atoms with Gasteiger partial charge in [-0.3, -0.25) is 9.59 Å². The summed E-state index contributed by atoms with van der Waals surface area (Å²) < 4.78 is 37.0. The number of halogens is 3. The first-order valence-electron chi connectivity index (χ1n) is 12.7. The lowest BCUT2D eigenvalue weighted by Gasteiger charge is -2.43. The highest BCUT2D eigenvalue weighted by Crippen LogP contribution is 2.27. The van der Waals surface area contributed by atoms with Gasteiger partial charge in [0.25, 0.3) is 5.91 Å². The van der Waals surface area contributed by atoms with Crippen LogP contribution in [0.4, 0.5) is 18.9 Å².